The van der Waals surface area contributed by atoms with E-state index in [-0.39, 0.29) is 0 Å². The molecule has 2 aliphatic heterocycles. The summed E-state index contributed by atoms with van der Waals surface area (Å²) in [5.41, 5.74) is 1.24. The minimum absolute atomic E-state index is 0.642. The van der Waals surface area contributed by atoms with E-state index in [9.17, 15) is 0 Å². The predicted molar refractivity (Wildman–Crippen MR) is 81.0 cm³/mol. The summed E-state index contributed by atoms with van der Waals surface area (Å²) in [6.45, 7) is 8.25. The normalized spacial score (nSPS) is 18.7. The molecule has 116 valence electrons. The van der Waals surface area contributed by atoms with Crippen LogP contribution in [0.25, 0.3) is 0 Å². The molecule has 0 amide bonds. The standard InChI is InChI=1S/C16H24N2O3/c1(5-18-6-8-19-9-7-18)4-17-13-14-2-3-15-16(12-14)21-11-10-20-15/h2-3,12,17H,1,4-11,13H2. The van der Waals surface area contributed by atoms with Crippen molar-refractivity contribution >= 4 is 0 Å². The van der Waals surface area contributed by atoms with Crippen LogP contribution in [0.3, 0.4) is 0 Å². The number of hydrogen-bond acceptors (Lipinski definition) is 5. The maximum Gasteiger partial charge on any atom is 0.161 e. The molecule has 1 fully saturated rings. The van der Waals surface area contributed by atoms with Crippen molar-refractivity contribution in [2.75, 3.05) is 52.6 Å². The molecule has 21 heavy (non-hydrogen) atoms. The number of nitrogens with zero attached hydrogens (tertiary/aromatic N) is 1. The highest BCUT2D eigenvalue weighted by Crippen LogP contribution is 2.30. The van der Waals surface area contributed by atoms with Crippen molar-refractivity contribution < 1.29 is 14.2 Å². The Labute approximate surface area is 126 Å². The van der Waals surface area contributed by atoms with E-state index >= 15 is 0 Å². The highest BCUT2D eigenvalue weighted by atomic mass is 16.6. The molecule has 0 aromatic heterocycles. The summed E-state index contributed by atoms with van der Waals surface area (Å²) in [7, 11) is 0. The number of nitrogens with one attached hydrogen (secondary N) is 1. The van der Waals surface area contributed by atoms with E-state index < -0.39 is 0 Å². The van der Waals surface area contributed by atoms with Gasteiger partial charge in [-0.3, -0.25) is 4.90 Å². The number of ether oxygens (including phenoxy) is 3. The summed E-state index contributed by atoms with van der Waals surface area (Å²) in [5.74, 6) is 1.73. The third-order valence-corrected chi connectivity index (χ3v) is 3.87. The SMILES string of the molecule is c1cc2c(cc1CNCCCN1CCOCC1)OCCO2. The van der Waals surface area contributed by atoms with Crippen LogP contribution >= 0.6 is 0 Å². The van der Waals surface area contributed by atoms with Gasteiger partial charge in [-0.05, 0) is 37.2 Å². The van der Waals surface area contributed by atoms with E-state index in [1.165, 1.54) is 12.0 Å². The van der Waals surface area contributed by atoms with Crippen LogP contribution in [0.2, 0.25) is 0 Å². The second-order valence-electron chi connectivity index (χ2n) is 5.46. The summed E-state index contributed by atoms with van der Waals surface area (Å²) in [6.07, 6.45) is 1.17. The number of morpholine rings is 1. The lowest BCUT2D eigenvalue weighted by molar-refractivity contribution is 0.0374. The van der Waals surface area contributed by atoms with Gasteiger partial charge in [0.25, 0.3) is 0 Å². The van der Waals surface area contributed by atoms with Crippen LogP contribution in [0, 0.1) is 0 Å². The van der Waals surface area contributed by atoms with Gasteiger partial charge in [-0.1, -0.05) is 6.07 Å². The molecule has 0 bridgehead atoms. The van der Waals surface area contributed by atoms with Crippen LogP contribution in [-0.2, 0) is 11.3 Å². The second kappa shape index (κ2) is 7.64. The molecule has 1 aromatic carbocycles. The molecule has 0 atom stereocenters. The first-order valence-corrected chi connectivity index (χ1v) is 7.81. The van der Waals surface area contributed by atoms with Gasteiger partial charge in [0.05, 0.1) is 13.2 Å². The first-order valence-electron chi connectivity index (χ1n) is 7.81. The minimum Gasteiger partial charge on any atom is -0.486 e. The Morgan fingerprint density at radius 2 is 1.81 bits per heavy atom. The second-order valence-corrected chi connectivity index (χ2v) is 5.46. The molecule has 1 aromatic rings. The molecule has 5 nitrogen and oxygen atoms in total. The summed E-state index contributed by atoms with van der Waals surface area (Å²) in [6, 6.07) is 6.17. The Hall–Kier alpha value is -1.30. The van der Waals surface area contributed by atoms with E-state index in [4.69, 9.17) is 14.2 Å². The smallest absolute Gasteiger partial charge is 0.161 e. The Morgan fingerprint density at radius 1 is 1.00 bits per heavy atom. The first-order chi connectivity index (χ1) is 10.4. The van der Waals surface area contributed by atoms with Gasteiger partial charge in [0.2, 0.25) is 0 Å². The van der Waals surface area contributed by atoms with Crippen LogP contribution in [-0.4, -0.2) is 57.5 Å². The summed E-state index contributed by atoms with van der Waals surface area (Å²) in [4.78, 5) is 2.47. The molecular weight excluding hydrogens is 268 g/mol. The largest absolute Gasteiger partial charge is 0.486 e. The Balaban J connectivity index is 1.35. The van der Waals surface area contributed by atoms with Gasteiger partial charge < -0.3 is 19.5 Å². The Bertz CT molecular complexity index is 447. The summed E-state index contributed by atoms with van der Waals surface area (Å²) in [5, 5.41) is 3.49. The van der Waals surface area contributed by atoms with Crippen LogP contribution < -0.4 is 14.8 Å². The van der Waals surface area contributed by atoms with Crippen molar-refractivity contribution in [2.45, 2.75) is 13.0 Å². The maximum absolute atomic E-state index is 5.60. The average molecular weight is 292 g/mol. The molecule has 0 saturated carbocycles. The van der Waals surface area contributed by atoms with Gasteiger partial charge in [-0.15, -0.1) is 0 Å². The highest BCUT2D eigenvalue weighted by molar-refractivity contribution is 5.43. The molecule has 0 spiro atoms. The van der Waals surface area contributed by atoms with Gasteiger partial charge in [-0.2, -0.15) is 0 Å². The molecule has 1 N–H and O–H groups in total. The van der Waals surface area contributed by atoms with Crippen LogP contribution in [0.5, 0.6) is 11.5 Å². The lowest BCUT2D eigenvalue weighted by atomic mass is 10.2. The fourth-order valence-corrected chi connectivity index (χ4v) is 2.68. The van der Waals surface area contributed by atoms with E-state index in [0.29, 0.717) is 13.2 Å². The fourth-order valence-electron chi connectivity index (χ4n) is 2.68. The van der Waals surface area contributed by atoms with E-state index in [2.05, 4.69) is 22.3 Å². The third-order valence-electron chi connectivity index (χ3n) is 3.87. The first kappa shape index (κ1) is 14.6. The zero-order valence-electron chi connectivity index (χ0n) is 12.5. The predicted octanol–water partition coefficient (Wildman–Crippen LogP) is 1.27. The van der Waals surface area contributed by atoms with Crippen LogP contribution in [0.4, 0.5) is 0 Å². The topological polar surface area (TPSA) is 43.0 Å². The molecule has 2 aliphatic rings. The zero-order chi connectivity index (χ0) is 14.3. The number of fused-ring (bicyclic) bond motifs is 1. The zero-order valence-corrected chi connectivity index (χ0v) is 12.5. The van der Waals surface area contributed by atoms with Crippen molar-refractivity contribution in [3.8, 4) is 11.5 Å². The van der Waals surface area contributed by atoms with Crippen molar-refractivity contribution in [1.82, 2.24) is 10.2 Å². The lowest BCUT2D eigenvalue weighted by Crippen LogP contribution is -2.37. The molecule has 1 saturated heterocycles. The third kappa shape index (κ3) is 4.33. The molecule has 0 aliphatic carbocycles. The minimum atomic E-state index is 0.642. The Kier molecular flexibility index (Phi) is 5.32. The van der Waals surface area contributed by atoms with E-state index in [0.717, 1.165) is 57.4 Å². The monoisotopic (exact) mass is 292 g/mol. The molecule has 0 unspecified atom stereocenters. The van der Waals surface area contributed by atoms with Gasteiger partial charge >= 0.3 is 0 Å². The maximum atomic E-state index is 5.60. The fraction of sp³-hybridized carbons (Fsp3) is 0.625. The summed E-state index contributed by atoms with van der Waals surface area (Å²) >= 11 is 0. The summed E-state index contributed by atoms with van der Waals surface area (Å²) < 4.78 is 16.5. The van der Waals surface area contributed by atoms with Gasteiger partial charge in [-0.25, -0.2) is 0 Å². The molecule has 2 heterocycles. The lowest BCUT2D eigenvalue weighted by Gasteiger charge is -2.26. The number of rotatable bonds is 6. The Morgan fingerprint density at radius 3 is 2.67 bits per heavy atom. The van der Waals surface area contributed by atoms with E-state index in [1.807, 2.05) is 6.07 Å². The van der Waals surface area contributed by atoms with Crippen molar-refractivity contribution in [3.05, 3.63) is 23.8 Å². The van der Waals surface area contributed by atoms with Gasteiger partial charge in [0, 0.05) is 19.6 Å². The van der Waals surface area contributed by atoms with Crippen molar-refractivity contribution in [3.63, 3.8) is 0 Å². The van der Waals surface area contributed by atoms with E-state index in [1.54, 1.807) is 0 Å². The molecule has 3 rings (SSSR count). The van der Waals surface area contributed by atoms with Crippen LogP contribution in [0.15, 0.2) is 18.2 Å². The highest BCUT2D eigenvalue weighted by Gasteiger charge is 2.11. The van der Waals surface area contributed by atoms with Crippen molar-refractivity contribution in [2.24, 2.45) is 0 Å². The number of hydrogen-bond donors (Lipinski definition) is 1. The van der Waals surface area contributed by atoms with Crippen LogP contribution in [0.1, 0.15) is 12.0 Å². The van der Waals surface area contributed by atoms with Gasteiger partial charge in [0.15, 0.2) is 11.5 Å². The van der Waals surface area contributed by atoms with Gasteiger partial charge in [0.1, 0.15) is 13.2 Å². The van der Waals surface area contributed by atoms with Crippen molar-refractivity contribution in [1.29, 1.82) is 0 Å². The number of benzene rings is 1. The quantitative estimate of drug-likeness (QED) is 0.800. The average Bonchev–Trinajstić information content (AvgIpc) is 2.55. The molecule has 0 radical (unpaired) electrons. The molecule has 5 heteroatoms. The molecular formula is C16H24N2O3.